The molecule has 0 spiro atoms. The number of hydrogen-bond acceptors (Lipinski definition) is 4. The van der Waals surface area contributed by atoms with Gasteiger partial charge in [0, 0.05) is 27.1 Å². The van der Waals surface area contributed by atoms with Crippen molar-refractivity contribution in [3.63, 3.8) is 0 Å². The van der Waals surface area contributed by atoms with Crippen molar-refractivity contribution in [2.45, 2.75) is 20.4 Å². The molecular formula is C22H24BrN3O2. The molecular weight excluding hydrogens is 418 g/mol. The number of aryl methyl sites for hydroxylation is 1. The van der Waals surface area contributed by atoms with Gasteiger partial charge in [-0.05, 0) is 55.8 Å². The van der Waals surface area contributed by atoms with Gasteiger partial charge in [-0.2, -0.15) is 5.10 Å². The molecule has 5 nitrogen and oxygen atoms in total. The summed E-state index contributed by atoms with van der Waals surface area (Å²) in [4.78, 5) is 0. The largest absolute Gasteiger partial charge is 0.493 e. The zero-order valence-corrected chi connectivity index (χ0v) is 18.1. The highest BCUT2D eigenvalue weighted by atomic mass is 79.9. The second-order valence-corrected chi connectivity index (χ2v) is 7.34. The molecule has 3 aromatic rings. The fraction of sp³-hybridized carbons (Fsp3) is 0.227. The van der Waals surface area contributed by atoms with Gasteiger partial charge < -0.3 is 19.5 Å². The second kappa shape index (κ2) is 8.97. The molecule has 0 saturated heterocycles. The Hall–Kier alpha value is -2.73. The molecule has 0 unspecified atom stereocenters. The monoisotopic (exact) mass is 441 g/mol. The maximum atomic E-state index is 5.34. The number of ether oxygens (including phenoxy) is 2. The van der Waals surface area contributed by atoms with E-state index in [1.54, 1.807) is 14.2 Å². The lowest BCUT2D eigenvalue weighted by atomic mass is 10.2. The highest BCUT2D eigenvalue weighted by molar-refractivity contribution is 9.10. The van der Waals surface area contributed by atoms with E-state index in [1.165, 1.54) is 0 Å². The minimum absolute atomic E-state index is 0.598. The molecule has 1 aromatic heterocycles. The molecule has 0 aliphatic rings. The van der Waals surface area contributed by atoms with Gasteiger partial charge in [0.05, 0.1) is 27.0 Å². The Labute approximate surface area is 174 Å². The van der Waals surface area contributed by atoms with E-state index < -0.39 is 0 Å². The molecule has 0 bridgehead atoms. The Kier molecular flexibility index (Phi) is 6.41. The Morgan fingerprint density at radius 1 is 1.04 bits per heavy atom. The zero-order valence-electron chi connectivity index (χ0n) is 16.5. The van der Waals surface area contributed by atoms with Gasteiger partial charge in [0.25, 0.3) is 0 Å². The third kappa shape index (κ3) is 4.39. The molecule has 0 amide bonds. The molecule has 3 rings (SSSR count). The van der Waals surface area contributed by atoms with E-state index in [0.717, 1.165) is 38.4 Å². The maximum Gasteiger partial charge on any atom is 0.161 e. The first-order chi connectivity index (χ1) is 13.5. The molecule has 2 aromatic carbocycles. The van der Waals surface area contributed by atoms with E-state index in [2.05, 4.69) is 63.1 Å². The predicted octanol–water partition coefficient (Wildman–Crippen LogP) is 5.00. The molecule has 0 atom stereocenters. The average Bonchev–Trinajstić information content (AvgIpc) is 2.98. The normalized spacial score (nSPS) is 11.0. The van der Waals surface area contributed by atoms with Gasteiger partial charge in [-0.15, -0.1) is 0 Å². The molecule has 0 aliphatic heterocycles. The number of hydrogen-bond donors (Lipinski definition) is 1. The summed E-state index contributed by atoms with van der Waals surface area (Å²) < 4.78 is 13.9. The maximum absolute atomic E-state index is 5.34. The topological polar surface area (TPSA) is 47.8 Å². The number of hydrazone groups is 1. The molecule has 0 saturated carbocycles. The van der Waals surface area contributed by atoms with Crippen LogP contribution in [0.25, 0.3) is 5.69 Å². The first kappa shape index (κ1) is 20.0. The lowest BCUT2D eigenvalue weighted by Crippen LogP contribution is -2.06. The Morgan fingerprint density at radius 2 is 1.82 bits per heavy atom. The van der Waals surface area contributed by atoms with Crippen LogP contribution in [0.1, 0.15) is 22.5 Å². The minimum atomic E-state index is 0.598. The highest BCUT2D eigenvalue weighted by Gasteiger charge is 2.09. The zero-order chi connectivity index (χ0) is 20.1. The van der Waals surface area contributed by atoms with E-state index in [4.69, 9.17) is 9.47 Å². The van der Waals surface area contributed by atoms with E-state index >= 15 is 0 Å². The molecule has 28 heavy (non-hydrogen) atoms. The Morgan fingerprint density at radius 3 is 2.54 bits per heavy atom. The van der Waals surface area contributed by atoms with Crippen LogP contribution in [0.4, 0.5) is 0 Å². The number of benzene rings is 2. The number of nitrogens with zero attached hydrogens (tertiary/aromatic N) is 2. The molecule has 6 heteroatoms. The van der Waals surface area contributed by atoms with Crippen LogP contribution in [0, 0.1) is 13.8 Å². The third-order valence-corrected chi connectivity index (χ3v) is 5.06. The van der Waals surface area contributed by atoms with Gasteiger partial charge in [0.1, 0.15) is 0 Å². The van der Waals surface area contributed by atoms with Gasteiger partial charge in [-0.1, -0.05) is 28.1 Å². The van der Waals surface area contributed by atoms with Crippen LogP contribution in [-0.2, 0) is 6.54 Å². The fourth-order valence-corrected chi connectivity index (χ4v) is 3.56. The first-order valence-electron chi connectivity index (χ1n) is 8.95. The Bertz CT molecular complexity index is 995. The molecule has 1 heterocycles. The number of aromatic nitrogens is 1. The van der Waals surface area contributed by atoms with E-state index in [0.29, 0.717) is 12.3 Å². The van der Waals surface area contributed by atoms with Crippen LogP contribution in [0.5, 0.6) is 11.5 Å². The molecule has 146 valence electrons. The highest BCUT2D eigenvalue weighted by Crippen LogP contribution is 2.27. The summed E-state index contributed by atoms with van der Waals surface area (Å²) in [6.45, 7) is 4.80. The smallest absolute Gasteiger partial charge is 0.161 e. The van der Waals surface area contributed by atoms with Crippen LogP contribution in [-0.4, -0.2) is 25.0 Å². The van der Waals surface area contributed by atoms with Crippen molar-refractivity contribution in [3.05, 3.63) is 75.5 Å². The summed E-state index contributed by atoms with van der Waals surface area (Å²) in [6.07, 6.45) is 1.86. The lowest BCUT2D eigenvalue weighted by molar-refractivity contribution is 0.354. The van der Waals surface area contributed by atoms with E-state index in [-0.39, 0.29) is 0 Å². The van der Waals surface area contributed by atoms with Crippen molar-refractivity contribution in [1.29, 1.82) is 0 Å². The van der Waals surface area contributed by atoms with Gasteiger partial charge >= 0.3 is 0 Å². The van der Waals surface area contributed by atoms with Crippen LogP contribution < -0.4 is 14.9 Å². The van der Waals surface area contributed by atoms with Crippen molar-refractivity contribution in [2.24, 2.45) is 5.10 Å². The standard InChI is InChI=1S/C22H24BrN3O2/c1-15-10-18(16(2)26(15)20-7-5-6-19(23)12-20)14-25-24-13-17-8-9-21(27-3)22(11-17)28-4/h5-12,14,24H,13H2,1-4H3/b25-14-. The van der Waals surface area contributed by atoms with Crippen molar-refractivity contribution in [2.75, 3.05) is 14.2 Å². The SMILES string of the molecule is COc1ccc(CN/N=C\c2cc(C)n(-c3cccc(Br)c3)c2C)cc1OC. The number of halogens is 1. The summed E-state index contributed by atoms with van der Waals surface area (Å²) in [7, 11) is 3.26. The molecule has 1 N–H and O–H groups in total. The quantitative estimate of drug-likeness (QED) is 0.414. The number of methoxy groups -OCH3 is 2. The fourth-order valence-electron chi connectivity index (χ4n) is 3.17. The van der Waals surface area contributed by atoms with E-state index in [1.807, 2.05) is 36.5 Å². The first-order valence-corrected chi connectivity index (χ1v) is 9.74. The van der Waals surface area contributed by atoms with Crippen molar-refractivity contribution >= 4 is 22.1 Å². The summed E-state index contributed by atoms with van der Waals surface area (Å²) in [6, 6.07) is 16.2. The van der Waals surface area contributed by atoms with Gasteiger partial charge in [0.15, 0.2) is 11.5 Å². The van der Waals surface area contributed by atoms with Gasteiger partial charge in [-0.3, -0.25) is 0 Å². The van der Waals surface area contributed by atoms with Crippen LogP contribution in [0.15, 0.2) is 58.1 Å². The van der Waals surface area contributed by atoms with Crippen molar-refractivity contribution in [3.8, 4) is 17.2 Å². The summed E-state index contributed by atoms with van der Waals surface area (Å²) in [5.74, 6) is 1.43. The van der Waals surface area contributed by atoms with Gasteiger partial charge in [-0.25, -0.2) is 0 Å². The van der Waals surface area contributed by atoms with Crippen molar-refractivity contribution < 1.29 is 9.47 Å². The van der Waals surface area contributed by atoms with Gasteiger partial charge in [0.2, 0.25) is 0 Å². The third-order valence-electron chi connectivity index (χ3n) is 4.56. The van der Waals surface area contributed by atoms with Crippen LogP contribution in [0.3, 0.4) is 0 Å². The van der Waals surface area contributed by atoms with Crippen LogP contribution in [0.2, 0.25) is 0 Å². The Balaban J connectivity index is 1.71. The predicted molar refractivity (Wildman–Crippen MR) is 117 cm³/mol. The average molecular weight is 442 g/mol. The number of rotatable bonds is 7. The van der Waals surface area contributed by atoms with Crippen molar-refractivity contribution in [1.82, 2.24) is 9.99 Å². The number of nitrogens with one attached hydrogen (secondary N) is 1. The summed E-state index contributed by atoms with van der Waals surface area (Å²) in [5.41, 5.74) is 8.68. The summed E-state index contributed by atoms with van der Waals surface area (Å²) >= 11 is 3.54. The van der Waals surface area contributed by atoms with E-state index in [9.17, 15) is 0 Å². The molecule has 0 fully saturated rings. The van der Waals surface area contributed by atoms with Crippen LogP contribution >= 0.6 is 15.9 Å². The minimum Gasteiger partial charge on any atom is -0.493 e. The second-order valence-electron chi connectivity index (χ2n) is 6.42. The summed E-state index contributed by atoms with van der Waals surface area (Å²) in [5, 5.41) is 4.39. The molecule has 0 aliphatic carbocycles. The molecule has 0 radical (unpaired) electrons. The lowest BCUT2D eigenvalue weighted by Gasteiger charge is -2.10.